The fourth-order valence-corrected chi connectivity index (χ4v) is 2.97. The van der Waals surface area contributed by atoms with Crippen molar-refractivity contribution >= 4 is 12.4 Å². The van der Waals surface area contributed by atoms with Crippen molar-refractivity contribution in [2.75, 3.05) is 13.1 Å². The van der Waals surface area contributed by atoms with Gasteiger partial charge in [0.25, 0.3) is 0 Å². The van der Waals surface area contributed by atoms with Crippen molar-refractivity contribution in [1.29, 1.82) is 0 Å². The second-order valence-electron chi connectivity index (χ2n) is 6.80. The Kier molecular flexibility index (Phi) is 8.03. The highest BCUT2D eigenvalue weighted by Gasteiger charge is 2.15. The molecule has 154 valence electrons. The molecular formula is C25H25NO4. The molecule has 0 aromatic heterocycles. The summed E-state index contributed by atoms with van der Waals surface area (Å²) in [5, 5.41) is 0. The zero-order chi connectivity index (χ0) is 21.0. The molecule has 30 heavy (non-hydrogen) atoms. The molecule has 5 nitrogen and oxygen atoms in total. The highest BCUT2D eigenvalue weighted by Crippen LogP contribution is 2.22. The fraction of sp³-hybridized carbons (Fsp3) is 0.200. The number of carbonyl (C=O) groups is 2. The second-order valence-corrected chi connectivity index (χ2v) is 6.80. The molecule has 5 heteroatoms. The van der Waals surface area contributed by atoms with Crippen molar-refractivity contribution in [3.8, 4) is 11.5 Å². The maximum absolute atomic E-state index is 12.5. The Balaban J connectivity index is 1.57. The number of nitrogens with zero attached hydrogens (tertiary/aromatic N) is 1. The van der Waals surface area contributed by atoms with Crippen LogP contribution >= 0.6 is 0 Å². The van der Waals surface area contributed by atoms with Gasteiger partial charge >= 0.3 is 6.09 Å². The normalized spacial score (nSPS) is 10.3. The molecule has 0 saturated carbocycles. The third-order valence-corrected chi connectivity index (χ3v) is 4.53. The van der Waals surface area contributed by atoms with Crippen LogP contribution < -0.4 is 4.74 Å². The number of ether oxygens (including phenoxy) is 2. The molecule has 0 atom stereocenters. The Morgan fingerprint density at radius 2 is 1.47 bits per heavy atom. The van der Waals surface area contributed by atoms with Crippen LogP contribution in [0.5, 0.6) is 11.5 Å². The molecule has 0 radical (unpaired) electrons. The van der Waals surface area contributed by atoms with Crippen LogP contribution in [0.1, 0.15) is 17.5 Å². The van der Waals surface area contributed by atoms with Crippen molar-refractivity contribution in [1.82, 2.24) is 4.90 Å². The van der Waals surface area contributed by atoms with Gasteiger partial charge in [0.1, 0.15) is 24.4 Å². The number of para-hydroxylation sites is 1. The summed E-state index contributed by atoms with van der Waals surface area (Å²) < 4.78 is 11.3. The minimum absolute atomic E-state index is 0.206. The molecule has 0 saturated heterocycles. The minimum atomic E-state index is -0.419. The summed E-state index contributed by atoms with van der Waals surface area (Å²) in [6.45, 7) is 0.991. The first kappa shape index (κ1) is 21.1. The molecule has 0 aliphatic rings. The van der Waals surface area contributed by atoms with Gasteiger partial charge in [0.15, 0.2) is 0 Å². The Morgan fingerprint density at radius 1 is 0.800 bits per heavy atom. The molecule has 0 aliphatic carbocycles. The minimum Gasteiger partial charge on any atom is -0.457 e. The summed E-state index contributed by atoms with van der Waals surface area (Å²) in [5.74, 6) is 1.51. The molecule has 0 N–H and O–H groups in total. The number of aldehydes is 1. The van der Waals surface area contributed by atoms with Gasteiger partial charge in [-0.3, -0.25) is 0 Å². The van der Waals surface area contributed by atoms with Gasteiger partial charge in [0.05, 0.1) is 0 Å². The molecule has 0 aliphatic heterocycles. The van der Waals surface area contributed by atoms with Gasteiger partial charge in [-0.05, 0) is 41.8 Å². The summed E-state index contributed by atoms with van der Waals surface area (Å²) in [6, 6.07) is 26.9. The van der Waals surface area contributed by atoms with E-state index in [0.717, 1.165) is 28.9 Å². The van der Waals surface area contributed by atoms with Crippen LogP contribution in [0.3, 0.4) is 0 Å². The molecule has 0 bridgehead atoms. The van der Waals surface area contributed by atoms with Gasteiger partial charge in [-0.25, -0.2) is 4.79 Å². The lowest BCUT2D eigenvalue weighted by Crippen LogP contribution is -2.34. The van der Waals surface area contributed by atoms with Crippen LogP contribution in [0.2, 0.25) is 0 Å². The molecule has 3 rings (SSSR count). The maximum Gasteiger partial charge on any atom is 0.410 e. The lowest BCUT2D eigenvalue weighted by molar-refractivity contribution is -0.108. The van der Waals surface area contributed by atoms with E-state index >= 15 is 0 Å². The fourth-order valence-electron chi connectivity index (χ4n) is 2.97. The molecular weight excluding hydrogens is 378 g/mol. The van der Waals surface area contributed by atoms with E-state index in [4.69, 9.17) is 9.47 Å². The molecule has 1 amide bonds. The largest absolute Gasteiger partial charge is 0.457 e. The van der Waals surface area contributed by atoms with Gasteiger partial charge in [0, 0.05) is 19.5 Å². The summed E-state index contributed by atoms with van der Waals surface area (Å²) in [4.78, 5) is 24.9. The van der Waals surface area contributed by atoms with Gasteiger partial charge in [-0.15, -0.1) is 0 Å². The molecule has 0 heterocycles. The maximum atomic E-state index is 12.5. The lowest BCUT2D eigenvalue weighted by atomic mass is 10.1. The van der Waals surface area contributed by atoms with E-state index < -0.39 is 6.09 Å². The monoisotopic (exact) mass is 403 g/mol. The first-order chi connectivity index (χ1) is 14.7. The first-order valence-electron chi connectivity index (χ1n) is 9.96. The average Bonchev–Trinajstić information content (AvgIpc) is 2.79. The summed E-state index contributed by atoms with van der Waals surface area (Å²) in [6.07, 6.45) is 1.30. The van der Waals surface area contributed by atoms with Crippen LogP contribution in [0.15, 0.2) is 84.9 Å². The van der Waals surface area contributed by atoms with E-state index in [2.05, 4.69) is 0 Å². The smallest absolute Gasteiger partial charge is 0.410 e. The topological polar surface area (TPSA) is 55.8 Å². The SMILES string of the molecule is O=CCCN(CCc1cccc(Oc2ccccc2)c1)C(=O)OCc1ccccc1. The summed E-state index contributed by atoms with van der Waals surface area (Å²) >= 11 is 0. The molecule has 3 aromatic rings. The van der Waals surface area contributed by atoms with E-state index in [1.807, 2.05) is 84.9 Å². The van der Waals surface area contributed by atoms with Crippen LogP contribution in [0, 0.1) is 0 Å². The standard InChI is InChI=1S/C25H25NO4/c27-18-8-16-26(25(28)29-20-22-9-3-1-4-10-22)17-15-21-11-7-14-24(19-21)30-23-12-5-2-6-13-23/h1-7,9-14,18-19H,8,15-17,20H2. The van der Waals surface area contributed by atoms with Crippen molar-refractivity contribution in [2.45, 2.75) is 19.4 Å². The Hall–Kier alpha value is -3.60. The van der Waals surface area contributed by atoms with Gasteiger partial charge < -0.3 is 19.2 Å². The molecule has 3 aromatic carbocycles. The van der Waals surface area contributed by atoms with Crippen LogP contribution in [0.4, 0.5) is 4.79 Å². The van der Waals surface area contributed by atoms with E-state index in [-0.39, 0.29) is 13.0 Å². The molecule has 0 fully saturated rings. The van der Waals surface area contributed by atoms with Crippen molar-refractivity contribution in [2.24, 2.45) is 0 Å². The highest BCUT2D eigenvalue weighted by molar-refractivity contribution is 5.68. The van der Waals surface area contributed by atoms with Crippen LogP contribution in [-0.2, 0) is 22.6 Å². The van der Waals surface area contributed by atoms with E-state index in [1.54, 1.807) is 4.90 Å². The van der Waals surface area contributed by atoms with Gasteiger partial charge in [0.2, 0.25) is 0 Å². The first-order valence-corrected chi connectivity index (χ1v) is 9.96. The lowest BCUT2D eigenvalue weighted by Gasteiger charge is -2.21. The third kappa shape index (κ3) is 6.78. The van der Waals surface area contributed by atoms with E-state index in [9.17, 15) is 9.59 Å². The Bertz CT molecular complexity index is 928. The van der Waals surface area contributed by atoms with Crippen LogP contribution in [0.25, 0.3) is 0 Å². The van der Waals surface area contributed by atoms with Crippen LogP contribution in [-0.4, -0.2) is 30.4 Å². The van der Waals surface area contributed by atoms with Gasteiger partial charge in [-0.2, -0.15) is 0 Å². The number of benzene rings is 3. The Labute approximate surface area is 176 Å². The van der Waals surface area contributed by atoms with E-state index in [1.165, 1.54) is 0 Å². The quantitative estimate of drug-likeness (QED) is 0.434. The summed E-state index contributed by atoms with van der Waals surface area (Å²) in [7, 11) is 0. The van der Waals surface area contributed by atoms with Crippen molar-refractivity contribution in [3.63, 3.8) is 0 Å². The summed E-state index contributed by atoms with van der Waals surface area (Å²) in [5.41, 5.74) is 1.96. The number of hydrogen-bond acceptors (Lipinski definition) is 4. The predicted molar refractivity (Wildman–Crippen MR) is 116 cm³/mol. The predicted octanol–water partition coefficient (Wildman–Crippen LogP) is 5.25. The zero-order valence-corrected chi connectivity index (χ0v) is 16.8. The van der Waals surface area contributed by atoms with Crippen molar-refractivity contribution in [3.05, 3.63) is 96.1 Å². The molecule has 0 unspecified atom stereocenters. The average molecular weight is 403 g/mol. The molecule has 0 spiro atoms. The Morgan fingerprint density at radius 3 is 2.20 bits per heavy atom. The van der Waals surface area contributed by atoms with Crippen molar-refractivity contribution < 1.29 is 19.1 Å². The number of amides is 1. The number of rotatable bonds is 10. The van der Waals surface area contributed by atoms with E-state index in [0.29, 0.717) is 19.5 Å². The zero-order valence-electron chi connectivity index (χ0n) is 16.8. The number of hydrogen-bond donors (Lipinski definition) is 0. The second kappa shape index (κ2) is 11.4. The third-order valence-electron chi connectivity index (χ3n) is 4.53. The highest BCUT2D eigenvalue weighted by atomic mass is 16.6. The number of carbonyl (C=O) groups excluding carboxylic acids is 2. The van der Waals surface area contributed by atoms with Gasteiger partial charge in [-0.1, -0.05) is 60.7 Å².